The number of benzene rings is 7. The van der Waals surface area contributed by atoms with Crippen molar-refractivity contribution in [1.82, 2.24) is 0 Å². The lowest BCUT2D eigenvalue weighted by Crippen LogP contribution is -1.90. The fourth-order valence-electron chi connectivity index (χ4n) is 5.97. The summed E-state index contributed by atoms with van der Waals surface area (Å²) >= 11 is 0. The summed E-state index contributed by atoms with van der Waals surface area (Å²) in [6.45, 7) is 0. The second-order valence-electron chi connectivity index (χ2n) is 9.87. The van der Waals surface area contributed by atoms with Crippen molar-refractivity contribution in [3.05, 3.63) is 133 Å². The van der Waals surface area contributed by atoms with Crippen LogP contribution in [0.4, 0.5) is 0 Å². The normalized spacial score (nSPS) is 14.8. The zero-order valence-corrected chi connectivity index (χ0v) is 20.9. The van der Waals surface area contributed by atoms with Gasteiger partial charge in [0.05, 0.1) is 11.0 Å². The molecule has 7 aromatic carbocycles. The maximum atomic E-state index is 9.22. The molecular formula is C38H22O2. The summed E-state index contributed by atoms with van der Waals surface area (Å²) in [5.74, 6) is 0. The van der Waals surface area contributed by atoms with Gasteiger partial charge in [-0.1, -0.05) is 96.9 Å². The van der Waals surface area contributed by atoms with Crippen LogP contribution in [0.3, 0.4) is 0 Å². The first-order chi connectivity index (χ1) is 23.2. The van der Waals surface area contributed by atoms with Crippen LogP contribution in [-0.4, -0.2) is 0 Å². The monoisotopic (exact) mass is 518 g/mol. The first-order valence-corrected chi connectivity index (χ1v) is 12.9. The summed E-state index contributed by atoms with van der Waals surface area (Å²) < 4.78 is 83.9. The van der Waals surface area contributed by atoms with Crippen molar-refractivity contribution in [2.75, 3.05) is 0 Å². The molecule has 0 aliphatic heterocycles. The molecule has 0 radical (unpaired) electrons. The van der Waals surface area contributed by atoms with E-state index in [1.54, 1.807) is 18.2 Å². The largest absolute Gasteiger partial charge is 0.456 e. The lowest BCUT2D eigenvalue weighted by atomic mass is 9.85. The van der Waals surface area contributed by atoms with E-state index in [0.717, 1.165) is 21.5 Å². The van der Waals surface area contributed by atoms with Gasteiger partial charge in [0.25, 0.3) is 0 Å². The maximum Gasteiger partial charge on any atom is 0.136 e. The van der Waals surface area contributed by atoms with E-state index in [0.29, 0.717) is 39.0 Å². The predicted molar refractivity (Wildman–Crippen MR) is 167 cm³/mol. The summed E-state index contributed by atoms with van der Waals surface area (Å²) in [7, 11) is 0. The van der Waals surface area contributed by atoms with Crippen LogP contribution in [0.5, 0.6) is 0 Å². The Morgan fingerprint density at radius 3 is 1.45 bits per heavy atom. The third-order valence-electron chi connectivity index (χ3n) is 7.71. The summed E-state index contributed by atoms with van der Waals surface area (Å²) in [4.78, 5) is 0. The number of hydrogen-bond acceptors (Lipinski definition) is 2. The zero-order chi connectivity index (χ0) is 33.2. The molecule has 2 nitrogen and oxygen atoms in total. The Kier molecular flexibility index (Phi) is 3.09. The molecule has 0 saturated heterocycles. The van der Waals surface area contributed by atoms with E-state index in [1.165, 1.54) is 0 Å². The van der Waals surface area contributed by atoms with E-state index in [4.69, 9.17) is 14.3 Å². The summed E-state index contributed by atoms with van der Waals surface area (Å²) in [6, 6.07) is 23.0. The van der Waals surface area contributed by atoms with Crippen LogP contribution < -0.4 is 0 Å². The van der Waals surface area contributed by atoms with E-state index in [-0.39, 0.29) is 51.3 Å². The standard InChI is InChI=1S/C38H22O2/c1-3-13-30-28(11-1)37(23-18-20-35-32(21-23)26-10-6-8-16-34(26)39-35)29-12-2-4-14-31(29)38(30)24-17-19-27-25-9-5-7-15-33(25)40-36(27)22-24/h1-22H/i1D,2D,3D,4D,11D,12D,13D,14D. The van der Waals surface area contributed by atoms with Gasteiger partial charge in [-0.05, 0) is 80.2 Å². The van der Waals surface area contributed by atoms with E-state index < -0.39 is 24.2 Å². The Morgan fingerprint density at radius 1 is 0.375 bits per heavy atom. The van der Waals surface area contributed by atoms with Crippen LogP contribution in [0.25, 0.3) is 87.7 Å². The van der Waals surface area contributed by atoms with Crippen LogP contribution in [0.15, 0.2) is 142 Å². The second kappa shape index (κ2) is 8.08. The Bertz CT molecular complexity index is 2800. The van der Waals surface area contributed by atoms with Crippen molar-refractivity contribution in [2.24, 2.45) is 0 Å². The summed E-state index contributed by atoms with van der Waals surface area (Å²) in [5.41, 5.74) is 4.11. The molecule has 0 aliphatic carbocycles. The van der Waals surface area contributed by atoms with Gasteiger partial charge in [-0.2, -0.15) is 0 Å². The lowest BCUT2D eigenvalue weighted by Gasteiger charge is -2.17. The van der Waals surface area contributed by atoms with Crippen molar-refractivity contribution < 1.29 is 19.8 Å². The summed E-state index contributed by atoms with van der Waals surface area (Å²) in [6.07, 6.45) is 0. The van der Waals surface area contributed by atoms with Gasteiger partial charge >= 0.3 is 0 Å². The molecule has 0 spiro atoms. The fraction of sp³-hybridized carbons (Fsp3) is 0. The van der Waals surface area contributed by atoms with Gasteiger partial charge < -0.3 is 8.83 Å². The van der Waals surface area contributed by atoms with E-state index in [1.807, 2.05) is 66.7 Å². The average molecular weight is 519 g/mol. The number of rotatable bonds is 2. The van der Waals surface area contributed by atoms with Crippen molar-refractivity contribution in [3.63, 3.8) is 0 Å². The maximum absolute atomic E-state index is 9.22. The minimum absolute atomic E-state index is 0.154. The Balaban J connectivity index is 1.52. The molecule has 0 atom stereocenters. The molecule has 9 rings (SSSR count). The molecule has 2 aromatic heterocycles. The number of hydrogen-bond donors (Lipinski definition) is 0. The molecule has 0 amide bonds. The Labute approximate surface area is 240 Å². The van der Waals surface area contributed by atoms with Crippen LogP contribution in [0, 0.1) is 0 Å². The van der Waals surface area contributed by atoms with E-state index in [9.17, 15) is 5.48 Å². The Morgan fingerprint density at radius 2 is 0.825 bits per heavy atom. The van der Waals surface area contributed by atoms with Gasteiger partial charge in [-0.25, -0.2) is 0 Å². The molecule has 2 heteroatoms. The highest BCUT2D eigenvalue weighted by Gasteiger charge is 2.18. The smallest absolute Gasteiger partial charge is 0.136 e. The third-order valence-corrected chi connectivity index (χ3v) is 7.71. The van der Waals surface area contributed by atoms with Crippen molar-refractivity contribution in [2.45, 2.75) is 0 Å². The SMILES string of the molecule is [2H]c1c([2H])c([2H])c2c(-c3ccc4oc5ccccc5c4c3)c3c([2H])c([2H])c([2H])c([2H])c3c(-c3ccc4c(c3)oc3ccccc34)c2c1[2H]. The zero-order valence-electron chi connectivity index (χ0n) is 28.9. The van der Waals surface area contributed by atoms with Crippen LogP contribution >= 0.6 is 0 Å². The highest BCUT2D eigenvalue weighted by atomic mass is 16.3. The van der Waals surface area contributed by atoms with E-state index in [2.05, 4.69) is 0 Å². The first-order valence-electron chi connectivity index (χ1n) is 16.9. The molecule has 0 aliphatic rings. The topological polar surface area (TPSA) is 26.3 Å². The fourth-order valence-corrected chi connectivity index (χ4v) is 5.97. The first kappa shape index (κ1) is 15.3. The van der Waals surface area contributed by atoms with Crippen LogP contribution in [-0.2, 0) is 0 Å². The minimum atomic E-state index is -0.444. The van der Waals surface area contributed by atoms with E-state index >= 15 is 0 Å². The Hall–Kier alpha value is -5.34. The second-order valence-corrected chi connectivity index (χ2v) is 9.87. The molecule has 0 fully saturated rings. The van der Waals surface area contributed by atoms with Crippen LogP contribution in [0.1, 0.15) is 11.0 Å². The molecule has 0 saturated carbocycles. The minimum Gasteiger partial charge on any atom is -0.456 e. The third kappa shape index (κ3) is 2.99. The molecule has 0 unspecified atom stereocenters. The quantitative estimate of drug-likeness (QED) is 0.213. The number of para-hydroxylation sites is 2. The molecule has 40 heavy (non-hydrogen) atoms. The van der Waals surface area contributed by atoms with Gasteiger partial charge in [0.1, 0.15) is 22.3 Å². The van der Waals surface area contributed by atoms with Crippen molar-refractivity contribution in [3.8, 4) is 22.3 Å². The van der Waals surface area contributed by atoms with Crippen LogP contribution in [0.2, 0.25) is 0 Å². The molecular weight excluding hydrogens is 488 g/mol. The van der Waals surface area contributed by atoms with Crippen molar-refractivity contribution >= 4 is 65.4 Å². The highest BCUT2D eigenvalue weighted by molar-refractivity contribution is 6.22. The molecule has 2 heterocycles. The number of furan rings is 2. The average Bonchev–Trinajstić information content (AvgIpc) is 3.67. The summed E-state index contributed by atoms with van der Waals surface area (Å²) in [5, 5.41) is 4.00. The van der Waals surface area contributed by atoms with Crippen molar-refractivity contribution in [1.29, 1.82) is 0 Å². The van der Waals surface area contributed by atoms with Gasteiger partial charge in [-0.15, -0.1) is 0 Å². The molecule has 9 aromatic rings. The molecule has 0 bridgehead atoms. The van der Waals surface area contributed by atoms with Gasteiger partial charge in [-0.3, -0.25) is 0 Å². The molecule has 186 valence electrons. The van der Waals surface area contributed by atoms with Gasteiger partial charge in [0, 0.05) is 21.5 Å². The lowest BCUT2D eigenvalue weighted by molar-refractivity contribution is 0.668. The highest BCUT2D eigenvalue weighted by Crippen LogP contribution is 2.45. The van der Waals surface area contributed by atoms with Gasteiger partial charge in [0.2, 0.25) is 0 Å². The number of fused-ring (bicyclic) bond motifs is 8. The van der Waals surface area contributed by atoms with Gasteiger partial charge in [0.15, 0.2) is 0 Å². The molecule has 0 N–H and O–H groups in total. The predicted octanol–water partition coefficient (Wildman–Crippen LogP) is 11.1.